The lowest BCUT2D eigenvalue weighted by Crippen LogP contribution is -2.37. The van der Waals surface area contributed by atoms with Crippen LogP contribution in [0.4, 0.5) is 5.69 Å². The highest BCUT2D eigenvalue weighted by Crippen LogP contribution is 2.39. The van der Waals surface area contributed by atoms with Crippen LogP contribution in [-0.2, 0) is 20.0 Å². The average molecular weight is 462 g/mol. The molecule has 1 aliphatic rings. The van der Waals surface area contributed by atoms with Crippen molar-refractivity contribution in [2.75, 3.05) is 31.1 Å². The van der Waals surface area contributed by atoms with E-state index in [1.807, 2.05) is 0 Å². The Morgan fingerprint density at radius 1 is 1.33 bits per heavy atom. The van der Waals surface area contributed by atoms with E-state index in [-0.39, 0.29) is 24.0 Å². The topological polar surface area (TPSA) is 236 Å². The molecule has 1 unspecified atom stereocenters. The molecular weight excluding hydrogens is 438 g/mol. The Bertz CT molecular complexity index is 1110. The van der Waals surface area contributed by atoms with Crippen molar-refractivity contribution in [1.82, 2.24) is 25.3 Å². The second-order valence-electron chi connectivity index (χ2n) is 6.80. The largest absolute Gasteiger partial charge is 0.390 e. The summed E-state index contributed by atoms with van der Waals surface area (Å²) in [5, 5.41) is 28.3. The first kappa shape index (κ1) is 22.5. The molecule has 3 rings (SSSR count). The fraction of sp³-hybridized carbons (Fsp3) is 0.500. The minimum atomic E-state index is -4.57. The molecule has 1 aliphatic heterocycles. The number of sulfonamides is 2. The summed E-state index contributed by atoms with van der Waals surface area (Å²) in [7, 11) is -8.97. The number of aromatic amines is 1. The number of benzene rings is 1. The smallest absolute Gasteiger partial charge is 0.242 e. The van der Waals surface area contributed by atoms with Gasteiger partial charge in [0, 0.05) is 37.9 Å². The lowest BCUT2D eigenvalue weighted by molar-refractivity contribution is 0.186. The molecule has 9 N–H and O–H groups in total. The third-order valence-electron chi connectivity index (χ3n) is 4.59. The maximum absolute atomic E-state index is 12.8. The van der Waals surface area contributed by atoms with Gasteiger partial charge in [-0.1, -0.05) is 0 Å². The van der Waals surface area contributed by atoms with Crippen molar-refractivity contribution in [2.45, 2.75) is 28.4 Å². The van der Waals surface area contributed by atoms with E-state index >= 15 is 0 Å². The van der Waals surface area contributed by atoms with Gasteiger partial charge in [-0.05, 0) is 23.8 Å². The van der Waals surface area contributed by atoms with Crippen LogP contribution >= 0.6 is 0 Å². The van der Waals surface area contributed by atoms with Crippen molar-refractivity contribution >= 4 is 25.7 Å². The van der Waals surface area contributed by atoms with Gasteiger partial charge in [0.2, 0.25) is 25.9 Å². The number of nitrogens with zero attached hydrogens (tertiary/aromatic N) is 4. The molecule has 0 saturated carbocycles. The van der Waals surface area contributed by atoms with Crippen molar-refractivity contribution in [2.24, 2.45) is 16.6 Å². The molecule has 1 saturated heterocycles. The number of H-pyrrole nitrogens is 1. The van der Waals surface area contributed by atoms with Crippen molar-refractivity contribution < 1.29 is 21.9 Å². The van der Waals surface area contributed by atoms with Crippen molar-refractivity contribution in [3.05, 3.63) is 12.1 Å². The van der Waals surface area contributed by atoms with Crippen molar-refractivity contribution in [1.29, 1.82) is 0 Å². The molecule has 166 valence electrons. The maximum atomic E-state index is 12.8. The summed E-state index contributed by atoms with van der Waals surface area (Å²) in [5.41, 5.74) is 11.5. The van der Waals surface area contributed by atoms with E-state index in [2.05, 4.69) is 25.3 Å². The van der Waals surface area contributed by atoms with Gasteiger partial charge in [-0.3, -0.25) is 0 Å². The molecule has 0 bridgehead atoms. The van der Waals surface area contributed by atoms with Crippen LogP contribution in [-0.4, -0.2) is 80.9 Å². The Morgan fingerprint density at radius 3 is 2.60 bits per heavy atom. The van der Waals surface area contributed by atoms with Gasteiger partial charge < -0.3 is 21.5 Å². The Kier molecular flexibility index (Phi) is 6.37. The van der Waals surface area contributed by atoms with Gasteiger partial charge in [-0.25, -0.2) is 26.7 Å². The predicted molar refractivity (Wildman–Crippen MR) is 106 cm³/mol. The zero-order chi connectivity index (χ0) is 22.1. The number of rotatable bonds is 8. The first-order chi connectivity index (χ1) is 14.0. The highest BCUT2D eigenvalue weighted by atomic mass is 32.2. The first-order valence-electron chi connectivity index (χ1n) is 8.86. The molecule has 1 fully saturated rings. The third kappa shape index (κ3) is 4.59. The summed E-state index contributed by atoms with van der Waals surface area (Å²) in [6.07, 6.45) is -0.491. The van der Waals surface area contributed by atoms with E-state index in [0.29, 0.717) is 25.2 Å². The van der Waals surface area contributed by atoms with Gasteiger partial charge in [0.05, 0.1) is 11.7 Å². The Balaban J connectivity index is 2.24. The third-order valence-corrected chi connectivity index (χ3v) is 7.18. The van der Waals surface area contributed by atoms with Crippen LogP contribution in [0.25, 0.3) is 11.4 Å². The molecule has 30 heavy (non-hydrogen) atoms. The number of nitrogens with two attached hydrogens (primary N) is 3. The van der Waals surface area contributed by atoms with E-state index in [9.17, 15) is 21.9 Å². The van der Waals surface area contributed by atoms with Gasteiger partial charge in [-0.2, -0.15) is 5.21 Å². The Labute approximate surface area is 172 Å². The Morgan fingerprint density at radius 2 is 2.07 bits per heavy atom. The number of tetrazole rings is 1. The second-order valence-corrected chi connectivity index (χ2v) is 10.0. The highest BCUT2D eigenvalue weighted by molar-refractivity contribution is 7.92. The van der Waals surface area contributed by atoms with Crippen molar-refractivity contribution in [3.63, 3.8) is 0 Å². The van der Waals surface area contributed by atoms with Gasteiger partial charge in [0.25, 0.3) is 0 Å². The fourth-order valence-electron chi connectivity index (χ4n) is 3.17. The van der Waals surface area contributed by atoms with E-state index < -0.39 is 42.5 Å². The molecule has 0 amide bonds. The average Bonchev–Trinajstić information content (AvgIpc) is 3.36. The second kappa shape index (κ2) is 8.50. The van der Waals surface area contributed by atoms with Crippen LogP contribution in [0.5, 0.6) is 0 Å². The number of aromatic nitrogens is 4. The van der Waals surface area contributed by atoms with Gasteiger partial charge >= 0.3 is 0 Å². The molecule has 0 aliphatic carbocycles. The quantitative estimate of drug-likeness (QED) is 0.227. The van der Waals surface area contributed by atoms with E-state index in [1.165, 1.54) is 6.07 Å². The lowest BCUT2D eigenvalue weighted by Gasteiger charge is -2.23. The summed E-state index contributed by atoms with van der Waals surface area (Å²) in [5.74, 6) is -0.145. The summed E-state index contributed by atoms with van der Waals surface area (Å²) in [6, 6.07) is 2.43. The minimum absolute atomic E-state index is 0.109. The van der Waals surface area contributed by atoms with Gasteiger partial charge in [0.1, 0.15) is 9.79 Å². The monoisotopic (exact) mass is 461 g/mol. The van der Waals surface area contributed by atoms with E-state index in [4.69, 9.17) is 16.6 Å². The maximum Gasteiger partial charge on any atom is 0.242 e. The van der Waals surface area contributed by atoms with Crippen LogP contribution in [0, 0.1) is 0 Å². The van der Waals surface area contributed by atoms with Crippen LogP contribution < -0.4 is 26.2 Å². The molecule has 16 heteroatoms. The normalized spacial score (nSPS) is 18.7. The zero-order valence-corrected chi connectivity index (χ0v) is 17.4. The van der Waals surface area contributed by atoms with E-state index in [1.54, 1.807) is 4.90 Å². The fourth-order valence-corrected chi connectivity index (χ4v) is 5.83. The number of nitrogens with one attached hydrogen (secondary N) is 2. The standard InChI is InChI=1S/C14H23N9O5S2/c15-5-9(24)6-18-30(27,28)11-2-1-10(23-4-3-8(16)7-23)12(13(11)29(17,25)26)14-19-21-22-20-14/h1-2,8-9,18,24H,3-7,15-16H2,(H2,17,25,26)(H,19,20,21,22)/t8-,9?/m1/s1. The Hall–Kier alpha value is -2.21. The summed E-state index contributed by atoms with van der Waals surface area (Å²) >= 11 is 0. The van der Waals surface area contributed by atoms with Crippen LogP contribution in [0.15, 0.2) is 21.9 Å². The number of primary sulfonamides is 1. The van der Waals surface area contributed by atoms with E-state index in [0.717, 1.165) is 6.07 Å². The number of aliphatic hydroxyl groups excluding tert-OH is 1. The number of hydrogen-bond acceptors (Lipinski definition) is 11. The lowest BCUT2D eigenvalue weighted by atomic mass is 10.1. The van der Waals surface area contributed by atoms with Gasteiger partial charge in [-0.15, -0.1) is 10.2 Å². The summed E-state index contributed by atoms with van der Waals surface area (Å²) in [6.45, 7) is 0.334. The molecule has 2 atom stereocenters. The minimum Gasteiger partial charge on any atom is -0.390 e. The molecule has 2 heterocycles. The molecule has 2 aromatic rings. The molecule has 0 radical (unpaired) electrons. The van der Waals surface area contributed by atoms with Crippen LogP contribution in [0.3, 0.4) is 0 Å². The zero-order valence-electron chi connectivity index (χ0n) is 15.8. The number of hydrogen-bond donors (Lipinski definition) is 6. The molecule has 1 aromatic heterocycles. The summed E-state index contributed by atoms with van der Waals surface area (Å²) in [4.78, 5) is 0.505. The van der Waals surface area contributed by atoms with Crippen molar-refractivity contribution in [3.8, 4) is 11.4 Å². The SMILES string of the molecule is NCC(O)CNS(=O)(=O)c1ccc(N2CC[C@@H](N)C2)c(-c2nn[nH]n2)c1S(N)(=O)=O. The van der Waals surface area contributed by atoms with Crippen LogP contribution in [0.1, 0.15) is 6.42 Å². The number of anilines is 1. The molecule has 14 nitrogen and oxygen atoms in total. The summed E-state index contributed by atoms with van der Waals surface area (Å²) < 4.78 is 52.9. The molecule has 0 spiro atoms. The molecular formula is C14H23N9O5S2. The highest BCUT2D eigenvalue weighted by Gasteiger charge is 2.34. The number of aliphatic hydroxyl groups is 1. The molecule has 1 aromatic carbocycles. The first-order valence-corrected chi connectivity index (χ1v) is 11.9. The predicted octanol–water partition coefficient (Wildman–Crippen LogP) is -3.35. The van der Waals surface area contributed by atoms with Gasteiger partial charge in [0.15, 0.2) is 0 Å². The van der Waals surface area contributed by atoms with Crippen LogP contribution in [0.2, 0.25) is 0 Å².